The van der Waals surface area contributed by atoms with Gasteiger partial charge in [-0.25, -0.2) is 13.8 Å². The first kappa shape index (κ1) is 67.9. The maximum atomic E-state index is 16.2. The molecule has 3 heterocycles. The third-order valence-electron chi connectivity index (χ3n) is 15.0. The van der Waals surface area contributed by atoms with Gasteiger partial charge in [-0.3, -0.25) is 24.0 Å². The number of aryl methyl sites for hydroxylation is 1. The number of carbonyl (C=O) groups excluding carboxylic acids is 5. The number of hydrogen-bond acceptors (Lipinski definition) is 15. The summed E-state index contributed by atoms with van der Waals surface area (Å²) in [6, 6.07) is 18.6. The summed E-state index contributed by atoms with van der Waals surface area (Å²) in [5.74, 6) is -5.36. The molecule has 1 aromatic heterocycles. The Hall–Kier alpha value is -6.65. The van der Waals surface area contributed by atoms with E-state index in [1.54, 1.807) is 37.6 Å². The molecule has 2 saturated heterocycles. The van der Waals surface area contributed by atoms with Crippen LogP contribution in [0.25, 0.3) is 10.4 Å². The molecular formula is C63H76Cl2F2N8O11S. The molecule has 0 radical (unpaired) electrons. The molecule has 24 heteroatoms. The second-order valence-electron chi connectivity index (χ2n) is 23.7. The van der Waals surface area contributed by atoms with Crippen molar-refractivity contribution < 1.29 is 61.5 Å². The van der Waals surface area contributed by atoms with Gasteiger partial charge in [-0.1, -0.05) is 107 Å². The van der Waals surface area contributed by atoms with Crippen LogP contribution in [0.15, 0.2) is 84.4 Å². The van der Waals surface area contributed by atoms with E-state index in [0.29, 0.717) is 0 Å². The van der Waals surface area contributed by atoms with Gasteiger partial charge >= 0.3 is 0 Å². The molecule has 7 rings (SSSR count). The zero-order chi connectivity index (χ0) is 63.2. The average Bonchev–Trinajstić information content (AvgIpc) is 1.60. The molecule has 468 valence electrons. The highest BCUT2D eigenvalue weighted by Gasteiger charge is 2.61. The monoisotopic (exact) mass is 1260 g/mol. The minimum atomic E-state index is -1.83. The lowest BCUT2D eigenvalue weighted by Gasteiger charge is -2.37. The molecule has 2 aliphatic heterocycles. The standard InChI is InChI=1S/C63H76Cl2F2N8O11S/c1-37-55(87-36-71-37)39-14-12-38(13-15-39)32-70-58(79)48-30-42(76)33-75(48)60(81)56(62(5,6)7)74-51(77)34-86-27-26-85-25-24-84-23-22-83-21-20-69-57(78)40-16-19-47(49(28-40)82-8)72-59(80)54-52(43-10-9-11-45(65)53(43)67)63(35-68,50(73-54)31-61(2,3)4)44-18-17-41(64)29-46(44)66/h9-19,28-29,36,42,48,50,52,54,56,73,76H,20-27,30-34H2,1-8H3,(H,69,78)(H,70,79)(H,72,80)(H,74,77)/t42-,48+,50?,52?,54-,56-,63+/m1/s1. The van der Waals surface area contributed by atoms with Crippen LogP contribution >= 0.6 is 34.5 Å². The number of carbonyl (C=O) groups is 5. The smallest absolute Gasteiger partial charge is 0.251 e. The summed E-state index contributed by atoms with van der Waals surface area (Å²) in [4.78, 5) is 75.0. The van der Waals surface area contributed by atoms with Crippen LogP contribution in [0.5, 0.6) is 5.75 Å². The quantitative estimate of drug-likeness (QED) is 0.0271. The van der Waals surface area contributed by atoms with Crippen LogP contribution in [0.4, 0.5) is 14.5 Å². The summed E-state index contributed by atoms with van der Waals surface area (Å²) in [5.41, 5.74) is 1.87. The summed E-state index contributed by atoms with van der Waals surface area (Å²) in [6.07, 6.45) is -0.565. The van der Waals surface area contributed by atoms with Gasteiger partial charge in [0, 0.05) is 54.2 Å². The first-order valence-corrected chi connectivity index (χ1v) is 30.2. The zero-order valence-corrected chi connectivity index (χ0v) is 52.4. The highest BCUT2D eigenvalue weighted by Crippen LogP contribution is 2.53. The number of ether oxygens (including phenoxy) is 5. The van der Waals surface area contributed by atoms with E-state index < -0.39 is 93.6 Å². The number of rotatable bonds is 27. The number of β-amino-alcohol motifs (C(OH)–C–C–N with tert-alkyl or cyclic N) is 1. The van der Waals surface area contributed by atoms with Crippen LogP contribution in [0.2, 0.25) is 10.0 Å². The number of anilines is 1. The largest absolute Gasteiger partial charge is 0.495 e. The maximum absolute atomic E-state index is 16.2. The molecule has 6 N–H and O–H groups in total. The number of halogens is 4. The molecule has 0 bridgehead atoms. The summed E-state index contributed by atoms with van der Waals surface area (Å²) < 4.78 is 60.1. The number of thiazole rings is 1. The molecule has 19 nitrogen and oxygen atoms in total. The fourth-order valence-electron chi connectivity index (χ4n) is 10.8. The zero-order valence-electron chi connectivity index (χ0n) is 50.0. The van der Waals surface area contributed by atoms with Crippen molar-refractivity contribution in [3.8, 4) is 22.3 Å². The predicted molar refractivity (Wildman–Crippen MR) is 327 cm³/mol. The van der Waals surface area contributed by atoms with Gasteiger partial charge in [0.15, 0.2) is 0 Å². The molecule has 0 saturated carbocycles. The molecule has 87 heavy (non-hydrogen) atoms. The second kappa shape index (κ2) is 30.5. The number of nitriles is 1. The Kier molecular flexibility index (Phi) is 23.8. The number of aliphatic hydroxyl groups excluding tert-OH is 1. The van der Waals surface area contributed by atoms with Crippen LogP contribution in [0.1, 0.15) is 93.0 Å². The fraction of sp³-hybridized carbons (Fsp3) is 0.476. The van der Waals surface area contributed by atoms with Crippen LogP contribution < -0.4 is 31.3 Å². The van der Waals surface area contributed by atoms with Gasteiger partial charge in [0.1, 0.15) is 41.5 Å². The Morgan fingerprint density at radius 2 is 1.56 bits per heavy atom. The number of benzene rings is 4. The number of aliphatic hydroxyl groups is 1. The van der Waals surface area contributed by atoms with Crippen molar-refractivity contribution >= 4 is 69.8 Å². The van der Waals surface area contributed by atoms with Crippen molar-refractivity contribution in [1.82, 2.24) is 31.2 Å². The lowest BCUT2D eigenvalue weighted by molar-refractivity contribution is -0.144. The van der Waals surface area contributed by atoms with Crippen molar-refractivity contribution in [1.29, 1.82) is 5.26 Å². The number of likely N-dealkylation sites (tertiary alicyclic amines) is 1. The van der Waals surface area contributed by atoms with Crippen molar-refractivity contribution in [2.24, 2.45) is 10.8 Å². The lowest BCUT2D eigenvalue weighted by atomic mass is 9.62. The maximum Gasteiger partial charge on any atom is 0.251 e. The molecule has 4 aromatic carbocycles. The Labute approximate surface area is 520 Å². The molecule has 7 atom stereocenters. The van der Waals surface area contributed by atoms with Crippen LogP contribution in [-0.2, 0) is 50.1 Å². The minimum absolute atomic E-state index is 0.0514. The number of nitrogens with zero attached hydrogens (tertiary/aromatic N) is 3. The highest BCUT2D eigenvalue weighted by atomic mass is 35.5. The third kappa shape index (κ3) is 17.4. The molecular weight excluding hydrogens is 1190 g/mol. The van der Waals surface area contributed by atoms with Crippen LogP contribution in [-0.4, -0.2) is 148 Å². The number of aromatic nitrogens is 1. The lowest BCUT2D eigenvalue weighted by Crippen LogP contribution is -2.58. The predicted octanol–water partition coefficient (Wildman–Crippen LogP) is 8.28. The van der Waals surface area contributed by atoms with Crippen molar-refractivity contribution in [3.63, 3.8) is 0 Å². The van der Waals surface area contributed by atoms with E-state index in [1.807, 2.05) is 52.0 Å². The normalized spacial score (nSPS) is 19.7. The van der Waals surface area contributed by atoms with Gasteiger partial charge in [-0.05, 0) is 77.3 Å². The Morgan fingerprint density at radius 1 is 0.885 bits per heavy atom. The van der Waals surface area contributed by atoms with Gasteiger partial charge in [-0.15, -0.1) is 11.3 Å². The molecule has 2 fully saturated rings. The average molecular weight is 1260 g/mol. The number of amides is 5. The topological polar surface area (TPSA) is 252 Å². The first-order valence-electron chi connectivity index (χ1n) is 28.6. The number of methoxy groups -OCH3 is 1. The van der Waals surface area contributed by atoms with Crippen molar-refractivity contribution in [2.45, 2.75) is 109 Å². The Bertz CT molecular complexity index is 3270. The van der Waals surface area contributed by atoms with Gasteiger partial charge in [0.25, 0.3) is 5.91 Å². The van der Waals surface area contributed by atoms with E-state index >= 15 is 8.78 Å². The number of nitrogens with one attached hydrogen (secondary N) is 5. The van der Waals surface area contributed by atoms with E-state index in [9.17, 15) is 34.3 Å². The molecule has 0 aliphatic carbocycles. The fourth-order valence-corrected chi connectivity index (χ4v) is 12.0. The minimum Gasteiger partial charge on any atom is -0.495 e. The molecule has 5 amide bonds. The van der Waals surface area contributed by atoms with Gasteiger partial charge < -0.3 is 60.3 Å². The summed E-state index contributed by atoms with van der Waals surface area (Å²) in [7, 11) is 1.36. The molecule has 2 unspecified atom stereocenters. The van der Waals surface area contributed by atoms with E-state index in [-0.39, 0.29) is 124 Å². The third-order valence-corrected chi connectivity index (χ3v) is 16.6. The van der Waals surface area contributed by atoms with Crippen LogP contribution in [0, 0.1) is 40.7 Å². The molecule has 0 spiro atoms. The van der Waals surface area contributed by atoms with Gasteiger partial charge in [0.2, 0.25) is 23.6 Å². The van der Waals surface area contributed by atoms with E-state index in [2.05, 4.69) is 37.6 Å². The van der Waals surface area contributed by atoms with Gasteiger partial charge in [-0.2, -0.15) is 5.26 Å². The van der Waals surface area contributed by atoms with Crippen LogP contribution in [0.3, 0.4) is 0 Å². The number of hydrogen-bond donors (Lipinski definition) is 6. The second-order valence-corrected chi connectivity index (χ2v) is 25.4. The van der Waals surface area contributed by atoms with E-state index in [1.165, 1.54) is 60.5 Å². The first-order chi connectivity index (χ1) is 41.4. The molecule has 2 aliphatic rings. The van der Waals surface area contributed by atoms with E-state index in [4.69, 9.17) is 46.9 Å². The summed E-state index contributed by atoms with van der Waals surface area (Å²) in [6.45, 7) is 14.5. The summed E-state index contributed by atoms with van der Waals surface area (Å²) >= 11 is 14.0. The SMILES string of the molecule is COc1cc(C(=O)NCCOCCOCCOCCOCC(=O)N[C@H](C(=O)N2C[C@H](O)C[C@H]2C(=O)NCc2ccc(-c3scnc3C)cc2)C(C)(C)C)ccc1NC(=O)[C@@H]1NC(CC(C)(C)C)[C@](C#N)(c2ccc(Cl)cc2F)C1c1cccc(Cl)c1F. The van der Waals surface area contributed by atoms with Crippen molar-refractivity contribution in [2.75, 3.05) is 78.4 Å². The van der Waals surface area contributed by atoms with Crippen molar-refractivity contribution in [3.05, 3.63) is 134 Å². The Morgan fingerprint density at radius 3 is 2.18 bits per heavy atom. The Balaban J connectivity index is 0.795. The highest BCUT2D eigenvalue weighted by molar-refractivity contribution is 7.13. The van der Waals surface area contributed by atoms with E-state index in [0.717, 1.165) is 27.8 Å². The van der Waals surface area contributed by atoms with Gasteiger partial charge in [0.05, 0.1) is 98.4 Å². The summed E-state index contributed by atoms with van der Waals surface area (Å²) in [5, 5.41) is 36.2. The molecule has 5 aromatic rings.